The number of fused-ring (bicyclic) bond motifs is 1. The Morgan fingerprint density at radius 2 is 2.00 bits per heavy atom. The van der Waals surface area contributed by atoms with Crippen LogP contribution in [-0.4, -0.2) is 23.7 Å². The third-order valence-corrected chi connectivity index (χ3v) is 4.27. The molecule has 2 N–H and O–H groups in total. The van der Waals surface area contributed by atoms with Crippen LogP contribution in [-0.2, 0) is 4.79 Å². The highest BCUT2D eigenvalue weighted by molar-refractivity contribution is 5.85. The summed E-state index contributed by atoms with van der Waals surface area (Å²) in [5.74, 6) is -0.156. The number of hydrogen-bond acceptors (Lipinski definition) is 2. The minimum absolute atomic E-state index is 0. The van der Waals surface area contributed by atoms with Gasteiger partial charge in [-0.3, -0.25) is 4.79 Å². The highest BCUT2D eigenvalue weighted by Gasteiger charge is 2.75. The predicted octanol–water partition coefficient (Wildman–Crippen LogP) is 1.13. The van der Waals surface area contributed by atoms with Gasteiger partial charge in [0.25, 0.3) is 0 Å². The van der Waals surface area contributed by atoms with Gasteiger partial charge < -0.3 is 10.4 Å². The molecule has 0 amide bonds. The van der Waals surface area contributed by atoms with Crippen LogP contribution in [0.4, 0.5) is 0 Å². The van der Waals surface area contributed by atoms with E-state index in [1.54, 1.807) is 0 Å². The van der Waals surface area contributed by atoms with Gasteiger partial charge in [-0.25, -0.2) is 0 Å². The van der Waals surface area contributed by atoms with E-state index in [1.165, 1.54) is 0 Å². The molecule has 0 aromatic carbocycles. The molecule has 0 aromatic heterocycles. The maximum Gasteiger partial charge on any atom is 0.321 e. The van der Waals surface area contributed by atoms with E-state index in [4.69, 9.17) is 5.11 Å². The van der Waals surface area contributed by atoms with Gasteiger partial charge >= 0.3 is 5.97 Å². The second-order valence-corrected chi connectivity index (χ2v) is 4.74. The Morgan fingerprint density at radius 1 is 1.46 bits per heavy atom. The van der Waals surface area contributed by atoms with Crippen molar-refractivity contribution in [3.05, 3.63) is 0 Å². The van der Waals surface area contributed by atoms with E-state index in [-0.39, 0.29) is 29.3 Å². The first-order valence-corrected chi connectivity index (χ1v) is 4.38. The second kappa shape index (κ2) is 2.61. The van der Waals surface area contributed by atoms with Gasteiger partial charge in [0.15, 0.2) is 0 Å². The normalized spacial score (nSPS) is 44.8. The second-order valence-electron chi connectivity index (χ2n) is 4.74. The molecule has 0 spiro atoms. The quantitative estimate of drug-likeness (QED) is 0.675. The van der Waals surface area contributed by atoms with Crippen LogP contribution in [0, 0.1) is 16.7 Å². The summed E-state index contributed by atoms with van der Waals surface area (Å²) in [6.07, 6.45) is 0. The highest BCUT2D eigenvalue weighted by Crippen LogP contribution is 2.72. The molecule has 0 radical (unpaired) electrons. The largest absolute Gasteiger partial charge is 0.480 e. The van der Waals surface area contributed by atoms with Crippen LogP contribution in [0.25, 0.3) is 0 Å². The van der Waals surface area contributed by atoms with E-state index in [1.807, 2.05) is 0 Å². The first kappa shape index (κ1) is 10.8. The molecule has 13 heavy (non-hydrogen) atoms. The molecule has 1 heterocycles. The van der Waals surface area contributed by atoms with Crippen molar-refractivity contribution in [2.45, 2.75) is 26.8 Å². The molecule has 1 aliphatic heterocycles. The van der Waals surface area contributed by atoms with Gasteiger partial charge in [-0.05, 0) is 17.9 Å². The standard InChI is InChI=1S/C9H15NO2.ClH/c1-8(2)5-4-10-6(7(11)12)9(5,8)3;/h5-6,10H,4H2,1-3H3,(H,11,12);1H/t5-,6+,9-;/m0./s1. The molecular formula is C9H16ClNO2. The number of nitrogens with one attached hydrogen (secondary N) is 1. The minimum atomic E-state index is -0.703. The molecule has 2 rings (SSSR count). The summed E-state index contributed by atoms with van der Waals surface area (Å²) in [4.78, 5) is 10.9. The average molecular weight is 206 g/mol. The highest BCUT2D eigenvalue weighted by atomic mass is 35.5. The van der Waals surface area contributed by atoms with Crippen LogP contribution in [0.15, 0.2) is 0 Å². The van der Waals surface area contributed by atoms with Crippen molar-refractivity contribution in [2.24, 2.45) is 16.7 Å². The molecule has 2 fully saturated rings. The van der Waals surface area contributed by atoms with Gasteiger partial charge in [-0.2, -0.15) is 0 Å². The molecule has 1 aliphatic carbocycles. The van der Waals surface area contributed by atoms with E-state index in [2.05, 4.69) is 26.1 Å². The fraction of sp³-hybridized carbons (Fsp3) is 0.889. The molecule has 2 aliphatic rings. The number of carboxylic acids is 1. The number of hydrogen-bond donors (Lipinski definition) is 2. The maximum absolute atomic E-state index is 10.9. The van der Waals surface area contributed by atoms with Gasteiger partial charge in [-0.15, -0.1) is 12.4 Å². The minimum Gasteiger partial charge on any atom is -0.480 e. The van der Waals surface area contributed by atoms with Gasteiger partial charge in [-0.1, -0.05) is 20.8 Å². The smallest absolute Gasteiger partial charge is 0.321 e. The fourth-order valence-electron chi connectivity index (χ4n) is 2.97. The first-order valence-electron chi connectivity index (χ1n) is 4.38. The summed E-state index contributed by atoms with van der Waals surface area (Å²) in [6.45, 7) is 7.26. The Balaban J connectivity index is 0.000000845. The Morgan fingerprint density at radius 3 is 2.23 bits per heavy atom. The van der Waals surface area contributed by atoms with E-state index in [0.717, 1.165) is 6.54 Å². The molecule has 1 saturated carbocycles. The molecule has 76 valence electrons. The zero-order valence-corrected chi connectivity index (χ0v) is 8.94. The summed E-state index contributed by atoms with van der Waals surface area (Å²) in [6, 6.07) is -0.336. The van der Waals surface area contributed by atoms with Crippen LogP contribution in [0.5, 0.6) is 0 Å². The summed E-state index contributed by atoms with van der Waals surface area (Å²) in [5.41, 5.74) is 0.195. The lowest BCUT2D eigenvalue weighted by Crippen LogP contribution is -2.41. The molecular weight excluding hydrogens is 190 g/mol. The zero-order valence-electron chi connectivity index (χ0n) is 8.13. The van der Waals surface area contributed by atoms with Crippen molar-refractivity contribution in [2.75, 3.05) is 6.54 Å². The molecule has 3 atom stereocenters. The van der Waals surface area contributed by atoms with Crippen molar-refractivity contribution >= 4 is 18.4 Å². The van der Waals surface area contributed by atoms with Crippen molar-refractivity contribution in [1.82, 2.24) is 5.32 Å². The van der Waals surface area contributed by atoms with Gasteiger partial charge in [0.1, 0.15) is 6.04 Å². The monoisotopic (exact) mass is 205 g/mol. The molecule has 0 bridgehead atoms. The Kier molecular flexibility index (Phi) is 2.17. The van der Waals surface area contributed by atoms with E-state index >= 15 is 0 Å². The van der Waals surface area contributed by atoms with E-state index < -0.39 is 5.97 Å². The number of carboxylic acid groups (broad SMARTS) is 1. The SMILES string of the molecule is CC1(C)[C@@H]2CN[C@H](C(=O)O)[C@]21C.Cl. The summed E-state index contributed by atoms with van der Waals surface area (Å²) >= 11 is 0. The topological polar surface area (TPSA) is 49.3 Å². The van der Waals surface area contributed by atoms with Crippen molar-refractivity contribution in [3.8, 4) is 0 Å². The first-order chi connectivity index (χ1) is 5.42. The third-order valence-electron chi connectivity index (χ3n) is 4.27. The van der Waals surface area contributed by atoms with E-state index in [9.17, 15) is 4.79 Å². The van der Waals surface area contributed by atoms with Crippen LogP contribution in [0.3, 0.4) is 0 Å². The molecule has 0 unspecified atom stereocenters. The van der Waals surface area contributed by atoms with Gasteiger partial charge in [0, 0.05) is 5.41 Å². The van der Waals surface area contributed by atoms with Crippen molar-refractivity contribution in [1.29, 1.82) is 0 Å². The average Bonchev–Trinajstić information content (AvgIpc) is 2.31. The lowest BCUT2D eigenvalue weighted by Gasteiger charge is -2.21. The molecule has 1 saturated heterocycles. The third kappa shape index (κ3) is 0.974. The summed E-state index contributed by atoms with van der Waals surface area (Å²) in [7, 11) is 0. The van der Waals surface area contributed by atoms with Crippen molar-refractivity contribution in [3.63, 3.8) is 0 Å². The summed E-state index contributed by atoms with van der Waals surface area (Å²) < 4.78 is 0. The molecule has 4 heteroatoms. The zero-order chi connectivity index (χ0) is 9.15. The number of piperidine rings is 1. The van der Waals surface area contributed by atoms with Crippen LogP contribution >= 0.6 is 12.4 Å². The lowest BCUT2D eigenvalue weighted by atomic mass is 9.90. The Hall–Kier alpha value is -0.280. The fourth-order valence-corrected chi connectivity index (χ4v) is 2.97. The van der Waals surface area contributed by atoms with Gasteiger partial charge in [0.05, 0.1) is 0 Å². The van der Waals surface area contributed by atoms with Crippen LogP contribution < -0.4 is 5.32 Å². The number of carbonyl (C=O) groups is 1. The molecule has 0 aromatic rings. The lowest BCUT2D eigenvalue weighted by molar-refractivity contribution is -0.141. The maximum atomic E-state index is 10.9. The van der Waals surface area contributed by atoms with Gasteiger partial charge in [0.2, 0.25) is 0 Å². The number of rotatable bonds is 1. The number of halogens is 1. The van der Waals surface area contributed by atoms with Crippen molar-refractivity contribution < 1.29 is 9.90 Å². The van der Waals surface area contributed by atoms with Crippen LogP contribution in [0.2, 0.25) is 0 Å². The predicted molar refractivity (Wildman–Crippen MR) is 52.1 cm³/mol. The number of aliphatic carboxylic acids is 1. The van der Waals surface area contributed by atoms with E-state index in [0.29, 0.717) is 5.92 Å². The Bertz CT molecular complexity index is 254. The van der Waals surface area contributed by atoms with Crippen LogP contribution in [0.1, 0.15) is 20.8 Å². The molecule has 3 nitrogen and oxygen atoms in total. The Labute approximate surface area is 84.3 Å². The summed E-state index contributed by atoms with van der Waals surface area (Å²) in [5, 5.41) is 12.0.